The lowest BCUT2D eigenvalue weighted by Crippen LogP contribution is -2.36. The minimum atomic E-state index is 0. The molecule has 5 N–H and O–H groups in total. The van der Waals surface area contributed by atoms with Crippen LogP contribution in [0, 0.1) is 0 Å². The van der Waals surface area contributed by atoms with Crippen molar-refractivity contribution in [3.63, 3.8) is 0 Å². The van der Waals surface area contributed by atoms with E-state index in [0.29, 0.717) is 5.69 Å². The van der Waals surface area contributed by atoms with Crippen molar-refractivity contribution in [3.8, 4) is 0 Å². The zero-order chi connectivity index (χ0) is 11.1. The van der Waals surface area contributed by atoms with E-state index in [1.54, 1.807) is 6.20 Å². The second-order valence-corrected chi connectivity index (χ2v) is 3.05. The van der Waals surface area contributed by atoms with E-state index in [-0.39, 0.29) is 7.58 Å². The molecule has 0 saturated carbocycles. The van der Waals surface area contributed by atoms with Gasteiger partial charge in [-0.05, 0) is 12.1 Å². The molecule has 0 atom stereocenters. The number of anilines is 2. The molecule has 1 aromatic rings. The second kappa shape index (κ2) is 7.90. The van der Waals surface area contributed by atoms with Gasteiger partial charge in [0.2, 0.25) is 0 Å². The summed E-state index contributed by atoms with van der Waals surface area (Å²) in [5, 5.41) is 0. The maximum Gasteiger partial charge on any atom is 0.128 e. The molecule has 1 fully saturated rings. The normalized spacial score (nSPS) is 14.5. The summed E-state index contributed by atoms with van der Waals surface area (Å²) in [5.74, 6) is 0.984. The fourth-order valence-corrected chi connectivity index (χ4v) is 1.38. The molecule has 94 valence electrons. The lowest BCUT2D eigenvalue weighted by molar-refractivity contribution is 0.122. The predicted octanol–water partition coefficient (Wildman–Crippen LogP) is 1.93. The van der Waals surface area contributed by atoms with Crippen molar-refractivity contribution in [3.05, 3.63) is 18.3 Å². The SMILES string of the molecule is CC.N.Nc1ccc(N2CCOCC2)nc1.[HH]. The summed E-state index contributed by atoms with van der Waals surface area (Å²) in [6, 6.07) is 3.82. The van der Waals surface area contributed by atoms with Crippen molar-refractivity contribution in [2.45, 2.75) is 13.8 Å². The highest BCUT2D eigenvalue weighted by atomic mass is 16.5. The first-order chi connectivity index (χ1) is 7.36. The first-order valence-corrected chi connectivity index (χ1v) is 5.40. The van der Waals surface area contributed by atoms with Crippen LogP contribution in [0.5, 0.6) is 0 Å². The third-order valence-corrected chi connectivity index (χ3v) is 2.11. The number of pyridine rings is 1. The van der Waals surface area contributed by atoms with Crippen LogP contribution in [-0.2, 0) is 4.74 Å². The van der Waals surface area contributed by atoms with Crippen molar-refractivity contribution in [1.82, 2.24) is 11.1 Å². The summed E-state index contributed by atoms with van der Waals surface area (Å²) in [4.78, 5) is 6.44. The Balaban J connectivity index is 0. The van der Waals surface area contributed by atoms with Gasteiger partial charge in [0.15, 0.2) is 0 Å². The van der Waals surface area contributed by atoms with Crippen LogP contribution in [0.4, 0.5) is 11.5 Å². The number of hydrogen-bond acceptors (Lipinski definition) is 5. The molecule has 5 nitrogen and oxygen atoms in total. The Morgan fingerprint density at radius 3 is 2.44 bits per heavy atom. The molecule has 0 unspecified atom stereocenters. The highest BCUT2D eigenvalue weighted by Crippen LogP contribution is 2.13. The van der Waals surface area contributed by atoms with Crippen molar-refractivity contribution >= 4 is 11.5 Å². The van der Waals surface area contributed by atoms with Gasteiger partial charge < -0.3 is 21.5 Å². The van der Waals surface area contributed by atoms with Crippen LogP contribution in [0.15, 0.2) is 18.3 Å². The average molecular weight is 228 g/mol. The second-order valence-electron chi connectivity index (χ2n) is 3.05. The van der Waals surface area contributed by atoms with Gasteiger partial charge in [-0.3, -0.25) is 0 Å². The van der Waals surface area contributed by atoms with E-state index in [1.165, 1.54) is 0 Å². The Kier molecular flexibility index (Phi) is 7.24. The number of hydrogen-bond donors (Lipinski definition) is 2. The molecule has 0 aromatic carbocycles. The van der Waals surface area contributed by atoms with Crippen molar-refractivity contribution in [2.75, 3.05) is 36.9 Å². The first kappa shape index (κ1) is 14.7. The number of ether oxygens (including phenoxy) is 1. The molecule has 1 aliphatic heterocycles. The van der Waals surface area contributed by atoms with Gasteiger partial charge in [0.05, 0.1) is 25.1 Å². The molecule has 1 aromatic heterocycles. The predicted molar refractivity (Wildman–Crippen MR) is 70.2 cm³/mol. The van der Waals surface area contributed by atoms with E-state index in [2.05, 4.69) is 9.88 Å². The van der Waals surface area contributed by atoms with E-state index in [9.17, 15) is 0 Å². The minimum absolute atomic E-state index is 0. The minimum Gasteiger partial charge on any atom is -0.397 e. The fourth-order valence-electron chi connectivity index (χ4n) is 1.38. The van der Waals surface area contributed by atoms with Gasteiger partial charge in [-0.25, -0.2) is 4.98 Å². The molecule has 0 bridgehead atoms. The summed E-state index contributed by atoms with van der Waals surface area (Å²) >= 11 is 0. The molecule has 1 saturated heterocycles. The molecular weight excluding hydrogens is 204 g/mol. The van der Waals surface area contributed by atoms with Crippen LogP contribution >= 0.6 is 0 Å². The Hall–Kier alpha value is -1.33. The van der Waals surface area contributed by atoms with Gasteiger partial charge in [-0.1, -0.05) is 13.8 Å². The molecule has 0 aliphatic carbocycles. The Morgan fingerprint density at radius 2 is 1.94 bits per heavy atom. The summed E-state index contributed by atoms with van der Waals surface area (Å²) in [6.07, 6.45) is 1.69. The Bertz CT molecular complexity index is 275. The van der Waals surface area contributed by atoms with Crippen LogP contribution in [0.3, 0.4) is 0 Å². The van der Waals surface area contributed by atoms with Crippen LogP contribution in [-0.4, -0.2) is 31.3 Å². The van der Waals surface area contributed by atoms with Crippen molar-refractivity contribution < 1.29 is 6.16 Å². The van der Waals surface area contributed by atoms with Crippen LogP contribution in [0.25, 0.3) is 0 Å². The number of nitrogens with zero attached hydrogens (tertiary/aromatic N) is 2. The zero-order valence-corrected chi connectivity index (χ0v) is 10.1. The van der Waals surface area contributed by atoms with Crippen LogP contribution in [0.2, 0.25) is 0 Å². The third-order valence-electron chi connectivity index (χ3n) is 2.11. The highest BCUT2D eigenvalue weighted by molar-refractivity contribution is 5.45. The molecule has 0 radical (unpaired) electrons. The van der Waals surface area contributed by atoms with Gasteiger partial charge in [0.1, 0.15) is 5.82 Å². The zero-order valence-electron chi connectivity index (χ0n) is 10.1. The van der Waals surface area contributed by atoms with Crippen molar-refractivity contribution in [2.24, 2.45) is 0 Å². The number of aromatic nitrogens is 1. The molecule has 0 spiro atoms. The monoisotopic (exact) mass is 228 g/mol. The van der Waals surface area contributed by atoms with E-state index >= 15 is 0 Å². The summed E-state index contributed by atoms with van der Waals surface area (Å²) in [7, 11) is 0. The van der Waals surface area contributed by atoms with E-state index < -0.39 is 0 Å². The summed E-state index contributed by atoms with van der Waals surface area (Å²) in [5.41, 5.74) is 6.26. The lowest BCUT2D eigenvalue weighted by atomic mass is 10.3. The maximum absolute atomic E-state index is 5.55. The van der Waals surface area contributed by atoms with Gasteiger partial charge in [0.25, 0.3) is 0 Å². The number of morpholine rings is 1. The fraction of sp³-hybridized carbons (Fsp3) is 0.545. The van der Waals surface area contributed by atoms with E-state index in [0.717, 1.165) is 32.1 Å². The largest absolute Gasteiger partial charge is 0.397 e. The average Bonchev–Trinajstić information content (AvgIpc) is 2.34. The van der Waals surface area contributed by atoms with Gasteiger partial charge >= 0.3 is 0 Å². The van der Waals surface area contributed by atoms with Gasteiger partial charge in [-0.2, -0.15) is 0 Å². The van der Waals surface area contributed by atoms with Crippen molar-refractivity contribution in [1.29, 1.82) is 0 Å². The molecular formula is C11H24N4O. The summed E-state index contributed by atoms with van der Waals surface area (Å²) < 4.78 is 5.25. The molecule has 1 aliphatic rings. The van der Waals surface area contributed by atoms with Crippen LogP contribution in [0.1, 0.15) is 15.3 Å². The molecule has 2 rings (SSSR count). The third kappa shape index (κ3) is 4.04. The first-order valence-electron chi connectivity index (χ1n) is 5.40. The quantitative estimate of drug-likeness (QED) is 0.767. The van der Waals surface area contributed by atoms with Gasteiger partial charge in [-0.15, -0.1) is 0 Å². The maximum atomic E-state index is 5.55. The number of nitrogen functional groups attached to an aromatic ring is 1. The Labute approximate surface area is 98.7 Å². The molecule has 2 heterocycles. The van der Waals surface area contributed by atoms with Crippen LogP contribution < -0.4 is 16.8 Å². The standard InChI is InChI=1S/C9H13N3O.C2H6.H3N.H2/c10-8-1-2-9(11-7-8)12-3-5-13-6-4-12;1-2;;/h1-2,7H,3-6,10H2;1-2H3;1H3;1H. The van der Waals surface area contributed by atoms with E-state index in [1.807, 2.05) is 26.0 Å². The molecule has 0 amide bonds. The smallest absolute Gasteiger partial charge is 0.128 e. The van der Waals surface area contributed by atoms with E-state index in [4.69, 9.17) is 10.5 Å². The van der Waals surface area contributed by atoms with Gasteiger partial charge in [0, 0.05) is 14.5 Å². The number of nitrogens with two attached hydrogens (primary N) is 1. The molecule has 16 heavy (non-hydrogen) atoms. The lowest BCUT2D eigenvalue weighted by Gasteiger charge is -2.27. The molecule has 5 heteroatoms. The number of rotatable bonds is 1. The highest BCUT2D eigenvalue weighted by Gasteiger charge is 2.11. The summed E-state index contributed by atoms with van der Waals surface area (Å²) in [6.45, 7) is 7.39. The topological polar surface area (TPSA) is 86.4 Å². The Morgan fingerprint density at radius 1 is 1.31 bits per heavy atom.